The molecule has 0 bridgehead atoms. The lowest BCUT2D eigenvalue weighted by Crippen LogP contribution is -2.41. The highest BCUT2D eigenvalue weighted by Gasteiger charge is 2.23. The number of ether oxygens (including phenoxy) is 1. The first kappa shape index (κ1) is 21.3. The van der Waals surface area contributed by atoms with Crippen LogP contribution in [0.1, 0.15) is 43.5 Å². The lowest BCUT2D eigenvalue weighted by molar-refractivity contribution is -0.139. The lowest BCUT2D eigenvalue weighted by Gasteiger charge is -2.16. The summed E-state index contributed by atoms with van der Waals surface area (Å²) in [5.74, 6) is -1.55. The van der Waals surface area contributed by atoms with Gasteiger partial charge in [0.05, 0.1) is 11.0 Å². The van der Waals surface area contributed by atoms with Crippen LogP contribution in [0.15, 0.2) is 29.2 Å². The molecule has 1 fully saturated rings. The molecule has 0 spiro atoms. The second-order valence-corrected chi connectivity index (χ2v) is 8.77. The van der Waals surface area contributed by atoms with Gasteiger partial charge in [-0.2, -0.15) is 0 Å². The highest BCUT2D eigenvalue weighted by Crippen LogP contribution is 2.14. The first-order valence-electron chi connectivity index (χ1n) is 8.94. The molecule has 1 amide bonds. The van der Waals surface area contributed by atoms with Crippen LogP contribution in [-0.2, 0) is 19.6 Å². The number of benzene rings is 1. The summed E-state index contributed by atoms with van der Waals surface area (Å²) < 4.78 is 32.5. The molecule has 2 rings (SSSR count). The number of carbonyl (C=O) groups is 2. The van der Waals surface area contributed by atoms with Gasteiger partial charge in [0.25, 0.3) is 5.91 Å². The van der Waals surface area contributed by atoms with E-state index in [9.17, 15) is 23.1 Å². The van der Waals surface area contributed by atoms with Crippen molar-refractivity contribution in [2.24, 2.45) is 5.92 Å². The first-order valence-corrected chi connectivity index (χ1v) is 10.4. The van der Waals surface area contributed by atoms with Crippen molar-refractivity contribution in [1.29, 1.82) is 0 Å². The van der Waals surface area contributed by atoms with Crippen LogP contribution in [0.5, 0.6) is 0 Å². The zero-order valence-corrected chi connectivity index (χ0v) is 16.3. The number of carboxylic acid groups (broad SMARTS) is 1. The summed E-state index contributed by atoms with van der Waals surface area (Å²) in [5.41, 5.74) is 0.197. The normalized spacial score (nSPS) is 18.4. The van der Waals surface area contributed by atoms with Crippen molar-refractivity contribution in [3.8, 4) is 0 Å². The van der Waals surface area contributed by atoms with E-state index in [4.69, 9.17) is 4.74 Å². The molecule has 0 aromatic heterocycles. The SMILES string of the molecule is CC(C)C[C@H](NC(=O)c1ccc(S(=O)(=O)NCC2CCCO2)cc1)C(=O)O. The number of aliphatic carboxylic acids is 1. The number of carboxylic acids is 1. The van der Waals surface area contributed by atoms with E-state index in [0.29, 0.717) is 13.0 Å². The van der Waals surface area contributed by atoms with Crippen molar-refractivity contribution in [2.45, 2.75) is 50.2 Å². The van der Waals surface area contributed by atoms with E-state index in [0.717, 1.165) is 12.8 Å². The van der Waals surface area contributed by atoms with E-state index in [1.807, 2.05) is 13.8 Å². The second kappa shape index (κ2) is 9.29. The number of amides is 1. The molecule has 0 aliphatic carbocycles. The predicted molar refractivity (Wildman–Crippen MR) is 98.9 cm³/mol. The summed E-state index contributed by atoms with van der Waals surface area (Å²) in [4.78, 5) is 23.5. The first-order chi connectivity index (χ1) is 12.7. The minimum Gasteiger partial charge on any atom is -0.480 e. The Morgan fingerprint density at radius 3 is 2.44 bits per heavy atom. The van der Waals surface area contributed by atoms with Crippen LogP contribution in [0.25, 0.3) is 0 Å². The average Bonchev–Trinajstić information content (AvgIpc) is 3.12. The van der Waals surface area contributed by atoms with Crippen molar-refractivity contribution in [3.63, 3.8) is 0 Å². The van der Waals surface area contributed by atoms with Crippen LogP contribution < -0.4 is 10.0 Å². The highest BCUT2D eigenvalue weighted by atomic mass is 32.2. The Morgan fingerprint density at radius 1 is 1.26 bits per heavy atom. The largest absolute Gasteiger partial charge is 0.480 e. The van der Waals surface area contributed by atoms with Crippen LogP contribution in [-0.4, -0.2) is 50.7 Å². The van der Waals surface area contributed by atoms with Crippen molar-refractivity contribution in [2.75, 3.05) is 13.2 Å². The van der Waals surface area contributed by atoms with Crippen LogP contribution in [0.2, 0.25) is 0 Å². The smallest absolute Gasteiger partial charge is 0.326 e. The number of carbonyl (C=O) groups excluding carboxylic acids is 1. The van der Waals surface area contributed by atoms with Crippen LogP contribution in [0, 0.1) is 5.92 Å². The van der Waals surface area contributed by atoms with E-state index in [1.54, 1.807) is 0 Å². The minimum atomic E-state index is -3.70. The van der Waals surface area contributed by atoms with Gasteiger partial charge in [-0.1, -0.05) is 13.8 Å². The molecular weight excluding hydrogens is 372 g/mol. The highest BCUT2D eigenvalue weighted by molar-refractivity contribution is 7.89. The molecule has 8 nitrogen and oxygen atoms in total. The summed E-state index contributed by atoms with van der Waals surface area (Å²) in [6.45, 7) is 4.58. The number of hydrogen-bond acceptors (Lipinski definition) is 5. The van der Waals surface area contributed by atoms with Gasteiger partial charge in [-0.05, 0) is 49.4 Å². The molecule has 1 aliphatic rings. The van der Waals surface area contributed by atoms with Gasteiger partial charge in [0.2, 0.25) is 10.0 Å². The Labute approximate surface area is 159 Å². The molecule has 0 radical (unpaired) electrons. The second-order valence-electron chi connectivity index (χ2n) is 7.01. The van der Waals surface area contributed by atoms with E-state index in [2.05, 4.69) is 10.0 Å². The van der Waals surface area contributed by atoms with Gasteiger partial charge in [0, 0.05) is 18.7 Å². The van der Waals surface area contributed by atoms with Gasteiger partial charge < -0.3 is 15.2 Å². The zero-order valence-electron chi connectivity index (χ0n) is 15.5. The molecule has 1 unspecified atom stereocenters. The quantitative estimate of drug-likeness (QED) is 0.578. The van der Waals surface area contributed by atoms with Crippen molar-refractivity contribution in [3.05, 3.63) is 29.8 Å². The van der Waals surface area contributed by atoms with Gasteiger partial charge >= 0.3 is 5.97 Å². The van der Waals surface area contributed by atoms with E-state index < -0.39 is 27.9 Å². The Hall–Kier alpha value is -1.97. The Bertz CT molecular complexity index is 755. The molecule has 27 heavy (non-hydrogen) atoms. The molecule has 1 aromatic rings. The molecule has 150 valence electrons. The molecule has 1 saturated heterocycles. The van der Waals surface area contributed by atoms with Crippen molar-refractivity contribution >= 4 is 21.9 Å². The van der Waals surface area contributed by atoms with Crippen LogP contribution in [0.4, 0.5) is 0 Å². The Kier molecular flexibility index (Phi) is 7.34. The summed E-state index contributed by atoms with van der Waals surface area (Å²) in [7, 11) is -3.70. The van der Waals surface area contributed by atoms with Gasteiger partial charge in [0.1, 0.15) is 6.04 Å². The van der Waals surface area contributed by atoms with Crippen molar-refractivity contribution in [1.82, 2.24) is 10.0 Å². The van der Waals surface area contributed by atoms with Crippen LogP contribution in [0.3, 0.4) is 0 Å². The molecule has 9 heteroatoms. The maximum Gasteiger partial charge on any atom is 0.326 e. The third-order valence-electron chi connectivity index (χ3n) is 4.26. The number of nitrogens with one attached hydrogen (secondary N) is 2. The zero-order chi connectivity index (χ0) is 20.0. The Balaban J connectivity index is 2.00. The lowest BCUT2D eigenvalue weighted by atomic mass is 10.0. The number of hydrogen-bond donors (Lipinski definition) is 3. The molecule has 1 aromatic carbocycles. The van der Waals surface area contributed by atoms with Gasteiger partial charge in [-0.3, -0.25) is 4.79 Å². The number of rotatable bonds is 9. The molecule has 0 saturated carbocycles. The summed E-state index contributed by atoms with van der Waals surface area (Å²) in [6.07, 6.45) is 1.94. The van der Waals surface area contributed by atoms with Gasteiger partial charge in [-0.15, -0.1) is 0 Å². The predicted octanol–water partition coefficient (Wildman–Crippen LogP) is 1.37. The molecular formula is C18H26N2O6S. The minimum absolute atomic E-state index is 0.0361. The van der Waals surface area contributed by atoms with Crippen LogP contribution >= 0.6 is 0 Å². The van der Waals surface area contributed by atoms with Gasteiger partial charge in [0.15, 0.2) is 0 Å². The van der Waals surface area contributed by atoms with Gasteiger partial charge in [-0.25, -0.2) is 17.9 Å². The van der Waals surface area contributed by atoms with E-state index in [1.165, 1.54) is 24.3 Å². The maximum absolute atomic E-state index is 12.3. The molecule has 1 aliphatic heterocycles. The average molecular weight is 398 g/mol. The summed E-state index contributed by atoms with van der Waals surface area (Å²) in [5, 5.41) is 11.7. The summed E-state index contributed by atoms with van der Waals surface area (Å²) >= 11 is 0. The maximum atomic E-state index is 12.3. The topological polar surface area (TPSA) is 122 Å². The monoisotopic (exact) mass is 398 g/mol. The summed E-state index contributed by atoms with van der Waals surface area (Å²) in [6, 6.07) is 4.39. The standard InChI is InChI=1S/C18H26N2O6S/c1-12(2)10-16(18(22)23)20-17(21)13-5-7-15(8-6-13)27(24,25)19-11-14-4-3-9-26-14/h5-8,12,14,16,19H,3-4,9-11H2,1-2H3,(H,20,21)(H,22,23)/t14?,16-/m0/s1. The molecule has 3 N–H and O–H groups in total. The molecule has 2 atom stereocenters. The fourth-order valence-corrected chi connectivity index (χ4v) is 3.88. The fraction of sp³-hybridized carbons (Fsp3) is 0.556. The third kappa shape index (κ3) is 6.30. The number of sulfonamides is 1. The van der Waals surface area contributed by atoms with Crippen molar-refractivity contribution < 1.29 is 27.9 Å². The Morgan fingerprint density at radius 2 is 1.93 bits per heavy atom. The van der Waals surface area contributed by atoms with E-state index in [-0.39, 0.29) is 29.0 Å². The third-order valence-corrected chi connectivity index (χ3v) is 5.70. The fourth-order valence-electron chi connectivity index (χ4n) is 2.81. The molecule has 1 heterocycles. The van der Waals surface area contributed by atoms with E-state index >= 15 is 0 Å².